The first-order chi connectivity index (χ1) is 17.7. The molecule has 3 aromatic rings. The van der Waals surface area contributed by atoms with Crippen molar-refractivity contribution in [2.45, 2.75) is 86.5 Å². The number of hydrogen-bond acceptors (Lipinski definition) is 0. The van der Waals surface area contributed by atoms with Crippen molar-refractivity contribution in [1.82, 2.24) is 0 Å². The quantitative estimate of drug-likeness (QED) is 0.356. The Morgan fingerprint density at radius 2 is 1.45 bits per heavy atom. The predicted octanol–water partition coefficient (Wildman–Crippen LogP) is 2.65. The Hall–Kier alpha value is -1.67. The van der Waals surface area contributed by atoms with Crippen LogP contribution in [0.15, 0.2) is 54.6 Å². The van der Waals surface area contributed by atoms with E-state index in [-0.39, 0.29) is 35.6 Å². The SMILES string of the molecule is CC(C)=c1cc2c(c(C3=C(c4cccc(C)c4C)C=CC3)c1C(C)(C)C)=[C]([Hf+2])c1cc(C(C)(C)C)ccc1-2.[Cl-].[Cl-]. The van der Waals surface area contributed by atoms with Gasteiger partial charge in [-0.3, -0.25) is 0 Å². The molecular weight excluding hydrogens is 694 g/mol. The fourth-order valence-electron chi connectivity index (χ4n) is 6.25. The standard InChI is InChI=1S/C37H41.2ClH.Hf/c1-22(2)31-21-32-28-18-17-26(36(5,6)7)19-25(28)20-33(32)34(35(31)37(8,9)10)30-16-12-15-29(30)27-14-11-13-23(3)24(27)4;;;/h11-15,17-19,21H,16H2,1-10H3;2*1H;/q;;;+2/p-2. The van der Waals surface area contributed by atoms with Crippen molar-refractivity contribution in [2.24, 2.45) is 0 Å². The van der Waals surface area contributed by atoms with Crippen LogP contribution in [0.2, 0.25) is 0 Å². The minimum absolute atomic E-state index is 0. The maximum absolute atomic E-state index is 2.52. The van der Waals surface area contributed by atoms with Crippen LogP contribution in [0.3, 0.4) is 0 Å². The van der Waals surface area contributed by atoms with Crippen molar-refractivity contribution < 1.29 is 49.2 Å². The minimum Gasteiger partial charge on any atom is -1.00 e. The summed E-state index contributed by atoms with van der Waals surface area (Å²) in [5, 5.41) is 2.93. The fourth-order valence-corrected chi connectivity index (χ4v) is 7.93. The van der Waals surface area contributed by atoms with Crippen LogP contribution in [-0.2, 0) is 35.2 Å². The van der Waals surface area contributed by atoms with Gasteiger partial charge in [0.1, 0.15) is 0 Å². The number of fused-ring (bicyclic) bond motifs is 3. The summed E-state index contributed by atoms with van der Waals surface area (Å²) < 4.78 is 1.56. The molecule has 0 unspecified atom stereocenters. The molecule has 0 aliphatic heterocycles. The Balaban J connectivity index is 0.00000220. The molecule has 2 aliphatic rings. The minimum atomic E-state index is 0. The van der Waals surface area contributed by atoms with Gasteiger partial charge in [-0.25, -0.2) is 0 Å². The first-order valence-electron chi connectivity index (χ1n) is 13.9. The van der Waals surface area contributed by atoms with Crippen molar-refractivity contribution in [1.29, 1.82) is 0 Å². The van der Waals surface area contributed by atoms with Gasteiger partial charge in [-0.15, -0.1) is 0 Å². The molecule has 0 N–H and O–H groups in total. The smallest absolute Gasteiger partial charge is 1.00 e. The zero-order valence-corrected chi connectivity index (χ0v) is 30.8. The van der Waals surface area contributed by atoms with Gasteiger partial charge in [0, 0.05) is 0 Å². The van der Waals surface area contributed by atoms with Gasteiger partial charge >= 0.3 is 246 Å². The average Bonchev–Trinajstić information content (AvgIpc) is 3.41. The summed E-state index contributed by atoms with van der Waals surface area (Å²) in [4.78, 5) is 0. The predicted molar refractivity (Wildman–Crippen MR) is 162 cm³/mol. The van der Waals surface area contributed by atoms with Crippen molar-refractivity contribution in [3.8, 4) is 11.1 Å². The van der Waals surface area contributed by atoms with Crippen molar-refractivity contribution >= 4 is 20.0 Å². The Bertz CT molecular complexity index is 1680. The van der Waals surface area contributed by atoms with Crippen LogP contribution in [0.1, 0.15) is 101 Å². The van der Waals surface area contributed by atoms with Crippen molar-refractivity contribution in [2.75, 3.05) is 0 Å². The number of rotatable bonds is 2. The van der Waals surface area contributed by atoms with E-state index in [0.717, 1.165) is 30.8 Å². The maximum Gasteiger partial charge on any atom is -1.00 e. The number of halogens is 2. The number of aryl methyl sites for hydroxylation is 1. The van der Waals surface area contributed by atoms with Gasteiger partial charge in [0.2, 0.25) is 0 Å². The van der Waals surface area contributed by atoms with E-state index in [0.29, 0.717) is 0 Å². The first kappa shape index (κ1) is 32.8. The number of benzene rings is 3. The molecule has 0 nitrogen and oxygen atoms in total. The monoisotopic (exact) mass is 735 g/mol. The van der Waals surface area contributed by atoms with Crippen LogP contribution in [0.4, 0.5) is 0 Å². The third-order valence-corrected chi connectivity index (χ3v) is 10.3. The maximum atomic E-state index is 2.52. The molecule has 0 bridgehead atoms. The first-order valence-corrected chi connectivity index (χ1v) is 15.7. The molecule has 40 heavy (non-hydrogen) atoms. The second-order valence-electron chi connectivity index (χ2n) is 13.5. The van der Waals surface area contributed by atoms with Gasteiger partial charge in [-0.1, -0.05) is 0 Å². The zero-order valence-electron chi connectivity index (χ0n) is 25.7. The van der Waals surface area contributed by atoms with E-state index < -0.39 is 0 Å². The Morgan fingerprint density at radius 1 is 0.775 bits per heavy atom. The van der Waals surface area contributed by atoms with Gasteiger partial charge in [-0.2, -0.15) is 0 Å². The molecule has 0 saturated carbocycles. The third kappa shape index (κ3) is 5.44. The van der Waals surface area contributed by atoms with Crippen LogP contribution < -0.4 is 35.3 Å². The van der Waals surface area contributed by atoms with E-state index in [9.17, 15) is 0 Å². The van der Waals surface area contributed by atoms with Gasteiger partial charge < -0.3 is 24.8 Å². The van der Waals surface area contributed by atoms with Crippen LogP contribution in [0.5, 0.6) is 0 Å². The fraction of sp³-hybridized carbons (Fsp3) is 0.351. The normalized spacial score (nSPS) is 14.2. The van der Waals surface area contributed by atoms with E-state index in [2.05, 4.69) is 124 Å². The Labute approximate surface area is 269 Å². The van der Waals surface area contributed by atoms with E-state index in [4.69, 9.17) is 0 Å². The molecule has 3 aromatic carbocycles. The molecule has 0 aromatic heterocycles. The van der Waals surface area contributed by atoms with Gasteiger partial charge in [0.15, 0.2) is 0 Å². The topological polar surface area (TPSA) is 0 Å². The molecule has 5 rings (SSSR count). The molecule has 0 amide bonds. The summed E-state index contributed by atoms with van der Waals surface area (Å²) in [7, 11) is 0. The van der Waals surface area contributed by atoms with Crippen LogP contribution in [0, 0.1) is 13.8 Å². The van der Waals surface area contributed by atoms with E-state index >= 15 is 0 Å². The molecule has 2 aliphatic carbocycles. The third-order valence-electron chi connectivity index (χ3n) is 8.44. The zero-order chi connectivity index (χ0) is 27.7. The largest absolute Gasteiger partial charge is 1.00 e. The summed E-state index contributed by atoms with van der Waals surface area (Å²) in [6.07, 6.45) is 5.76. The van der Waals surface area contributed by atoms with Crippen molar-refractivity contribution in [3.63, 3.8) is 0 Å². The molecule has 0 atom stereocenters. The molecule has 0 spiro atoms. The molecule has 207 valence electrons. The van der Waals surface area contributed by atoms with Crippen molar-refractivity contribution in [3.05, 3.63) is 104 Å². The summed E-state index contributed by atoms with van der Waals surface area (Å²) in [6.45, 7) is 23.3. The summed E-state index contributed by atoms with van der Waals surface area (Å²) >= 11 is 1.02. The molecule has 0 radical (unpaired) electrons. The number of hydrogen-bond donors (Lipinski definition) is 0. The van der Waals surface area contributed by atoms with Gasteiger partial charge in [0.25, 0.3) is 0 Å². The van der Waals surface area contributed by atoms with E-state index in [1.165, 1.54) is 77.2 Å². The van der Waals surface area contributed by atoms with Crippen LogP contribution >= 0.6 is 0 Å². The molecular formula is C37H41Cl2Hf. The van der Waals surface area contributed by atoms with E-state index in [1.54, 1.807) is 3.33 Å². The molecule has 0 fully saturated rings. The Kier molecular flexibility index (Phi) is 9.48. The Morgan fingerprint density at radius 3 is 2.05 bits per heavy atom. The summed E-state index contributed by atoms with van der Waals surface area (Å²) in [6, 6.07) is 16.6. The van der Waals surface area contributed by atoms with Gasteiger partial charge in [0.05, 0.1) is 0 Å². The van der Waals surface area contributed by atoms with Crippen LogP contribution in [-0.4, -0.2) is 0 Å². The second-order valence-corrected chi connectivity index (χ2v) is 15.3. The second kappa shape index (κ2) is 11.5. The molecule has 0 saturated heterocycles. The van der Waals surface area contributed by atoms with Gasteiger partial charge in [-0.05, 0) is 0 Å². The van der Waals surface area contributed by atoms with Crippen LogP contribution in [0.25, 0.3) is 31.2 Å². The summed E-state index contributed by atoms with van der Waals surface area (Å²) in [5.41, 5.74) is 17.3. The molecule has 0 heterocycles. The van der Waals surface area contributed by atoms with E-state index in [1.807, 2.05) is 0 Å². The molecule has 3 heteroatoms. The summed E-state index contributed by atoms with van der Waals surface area (Å²) in [5.74, 6) is 0. The average molecular weight is 735 g/mol. The number of allylic oxidation sites excluding steroid dienone is 4.